The minimum absolute atomic E-state index is 0.204. The number of ether oxygens (including phenoxy) is 1. The van der Waals surface area contributed by atoms with Crippen LogP contribution in [0.4, 0.5) is 0 Å². The van der Waals surface area contributed by atoms with Gasteiger partial charge in [0.05, 0.1) is 17.2 Å². The summed E-state index contributed by atoms with van der Waals surface area (Å²) >= 11 is 11.7. The molecule has 6 heteroatoms. The van der Waals surface area contributed by atoms with E-state index in [0.717, 1.165) is 6.54 Å². The number of benzene rings is 1. The molecule has 1 aromatic rings. The Morgan fingerprint density at radius 3 is 2.72 bits per heavy atom. The molecule has 1 rings (SSSR count). The SMILES string of the molecule is COCCNCCNC(=O)c1ccc(Cl)cc1Cl. The van der Waals surface area contributed by atoms with Crippen LogP contribution in [-0.2, 0) is 4.74 Å². The zero-order chi connectivity index (χ0) is 13.4. The van der Waals surface area contributed by atoms with Gasteiger partial charge in [-0.25, -0.2) is 0 Å². The van der Waals surface area contributed by atoms with Gasteiger partial charge in [-0.3, -0.25) is 4.79 Å². The van der Waals surface area contributed by atoms with Gasteiger partial charge in [0.25, 0.3) is 5.91 Å². The van der Waals surface area contributed by atoms with Crippen LogP contribution in [0, 0.1) is 0 Å². The van der Waals surface area contributed by atoms with Crippen molar-refractivity contribution in [3.05, 3.63) is 33.8 Å². The highest BCUT2D eigenvalue weighted by Crippen LogP contribution is 2.20. The van der Waals surface area contributed by atoms with Crippen molar-refractivity contribution in [3.63, 3.8) is 0 Å². The highest BCUT2D eigenvalue weighted by molar-refractivity contribution is 6.36. The molecule has 0 saturated carbocycles. The van der Waals surface area contributed by atoms with Gasteiger partial charge in [-0.15, -0.1) is 0 Å². The van der Waals surface area contributed by atoms with Crippen molar-refractivity contribution in [2.75, 3.05) is 33.4 Å². The number of amides is 1. The van der Waals surface area contributed by atoms with Crippen LogP contribution in [0.2, 0.25) is 10.0 Å². The molecule has 0 saturated heterocycles. The smallest absolute Gasteiger partial charge is 0.252 e. The third-order valence-corrected chi connectivity index (χ3v) is 2.79. The summed E-state index contributed by atoms with van der Waals surface area (Å²) in [5, 5.41) is 6.76. The molecule has 0 aliphatic carbocycles. The molecule has 0 radical (unpaired) electrons. The van der Waals surface area contributed by atoms with Crippen molar-refractivity contribution < 1.29 is 9.53 Å². The van der Waals surface area contributed by atoms with Crippen molar-refractivity contribution in [3.8, 4) is 0 Å². The number of carbonyl (C=O) groups excluding carboxylic acids is 1. The van der Waals surface area contributed by atoms with Gasteiger partial charge in [0.2, 0.25) is 0 Å². The summed E-state index contributed by atoms with van der Waals surface area (Å²) in [7, 11) is 1.64. The number of carbonyl (C=O) groups is 1. The fraction of sp³-hybridized carbons (Fsp3) is 0.417. The maximum absolute atomic E-state index is 11.8. The average Bonchev–Trinajstić information content (AvgIpc) is 2.33. The Kier molecular flexibility index (Phi) is 7.05. The lowest BCUT2D eigenvalue weighted by atomic mass is 10.2. The first-order valence-corrected chi connectivity index (χ1v) is 6.33. The lowest BCUT2D eigenvalue weighted by Gasteiger charge is -2.08. The molecule has 0 atom stereocenters. The molecule has 0 bridgehead atoms. The minimum Gasteiger partial charge on any atom is -0.383 e. The van der Waals surface area contributed by atoms with Crippen LogP contribution < -0.4 is 10.6 Å². The van der Waals surface area contributed by atoms with Crippen molar-refractivity contribution in [2.45, 2.75) is 0 Å². The topological polar surface area (TPSA) is 50.4 Å². The molecule has 0 fully saturated rings. The van der Waals surface area contributed by atoms with Crippen LogP contribution in [0.5, 0.6) is 0 Å². The maximum Gasteiger partial charge on any atom is 0.252 e. The van der Waals surface area contributed by atoms with Gasteiger partial charge in [0.1, 0.15) is 0 Å². The van der Waals surface area contributed by atoms with E-state index in [2.05, 4.69) is 10.6 Å². The third-order valence-electron chi connectivity index (χ3n) is 2.25. The first-order valence-electron chi connectivity index (χ1n) is 5.58. The van der Waals surface area contributed by atoms with Crippen molar-refractivity contribution >= 4 is 29.1 Å². The van der Waals surface area contributed by atoms with Crippen molar-refractivity contribution in [2.24, 2.45) is 0 Å². The van der Waals surface area contributed by atoms with Gasteiger partial charge in [-0.05, 0) is 18.2 Å². The summed E-state index contributed by atoms with van der Waals surface area (Å²) in [5.41, 5.74) is 0.429. The summed E-state index contributed by atoms with van der Waals surface area (Å²) in [6, 6.07) is 4.80. The number of halogens is 2. The normalized spacial score (nSPS) is 10.4. The molecular formula is C12H16Cl2N2O2. The van der Waals surface area contributed by atoms with E-state index in [4.69, 9.17) is 27.9 Å². The summed E-state index contributed by atoms with van der Waals surface area (Å²) in [6.45, 7) is 2.62. The van der Waals surface area contributed by atoms with E-state index in [-0.39, 0.29) is 5.91 Å². The Morgan fingerprint density at radius 2 is 2.06 bits per heavy atom. The Morgan fingerprint density at radius 1 is 1.28 bits per heavy atom. The van der Waals surface area contributed by atoms with E-state index in [9.17, 15) is 4.79 Å². The number of hydrogen-bond acceptors (Lipinski definition) is 3. The van der Waals surface area contributed by atoms with Crippen molar-refractivity contribution in [1.82, 2.24) is 10.6 Å². The molecule has 0 spiro atoms. The second-order valence-corrected chi connectivity index (χ2v) is 4.47. The molecule has 4 nitrogen and oxygen atoms in total. The maximum atomic E-state index is 11.8. The minimum atomic E-state index is -0.204. The van der Waals surface area contributed by atoms with Crippen LogP contribution >= 0.6 is 23.2 Å². The zero-order valence-corrected chi connectivity index (χ0v) is 11.6. The Balaban J connectivity index is 2.32. The molecular weight excluding hydrogens is 275 g/mol. The van der Waals surface area contributed by atoms with Gasteiger partial charge < -0.3 is 15.4 Å². The number of methoxy groups -OCH3 is 1. The van der Waals surface area contributed by atoms with Gasteiger partial charge in [-0.2, -0.15) is 0 Å². The standard InChI is InChI=1S/C12H16Cl2N2O2/c1-18-7-6-15-4-5-16-12(17)10-3-2-9(13)8-11(10)14/h2-3,8,15H,4-7H2,1H3,(H,16,17). The van der Waals surface area contributed by atoms with Crippen LogP contribution in [0.25, 0.3) is 0 Å². The molecule has 0 unspecified atom stereocenters. The molecule has 100 valence electrons. The average molecular weight is 291 g/mol. The van der Waals surface area contributed by atoms with Crippen LogP contribution in [0.3, 0.4) is 0 Å². The van der Waals surface area contributed by atoms with E-state index in [1.54, 1.807) is 25.3 Å². The lowest BCUT2D eigenvalue weighted by Crippen LogP contribution is -2.33. The van der Waals surface area contributed by atoms with Gasteiger partial charge in [0.15, 0.2) is 0 Å². The summed E-state index contributed by atoms with van der Waals surface area (Å²) in [4.78, 5) is 11.8. The summed E-state index contributed by atoms with van der Waals surface area (Å²) in [6.07, 6.45) is 0. The Bertz CT molecular complexity index is 400. The van der Waals surface area contributed by atoms with E-state index in [0.29, 0.717) is 35.3 Å². The van der Waals surface area contributed by atoms with Gasteiger partial charge in [0, 0.05) is 31.8 Å². The highest BCUT2D eigenvalue weighted by Gasteiger charge is 2.09. The Hall–Kier alpha value is -0.810. The first-order chi connectivity index (χ1) is 8.65. The second kappa shape index (κ2) is 8.32. The monoisotopic (exact) mass is 290 g/mol. The number of rotatable bonds is 7. The lowest BCUT2D eigenvalue weighted by molar-refractivity contribution is 0.0954. The second-order valence-electron chi connectivity index (χ2n) is 3.62. The van der Waals surface area contributed by atoms with E-state index >= 15 is 0 Å². The van der Waals surface area contributed by atoms with Gasteiger partial charge in [-0.1, -0.05) is 23.2 Å². The van der Waals surface area contributed by atoms with E-state index in [1.807, 2.05) is 0 Å². The van der Waals surface area contributed by atoms with E-state index < -0.39 is 0 Å². The zero-order valence-electron chi connectivity index (χ0n) is 10.1. The van der Waals surface area contributed by atoms with Gasteiger partial charge >= 0.3 is 0 Å². The van der Waals surface area contributed by atoms with E-state index in [1.165, 1.54) is 0 Å². The molecule has 0 aromatic heterocycles. The molecule has 0 aliphatic rings. The number of nitrogens with one attached hydrogen (secondary N) is 2. The molecule has 2 N–H and O–H groups in total. The molecule has 0 heterocycles. The fourth-order valence-corrected chi connectivity index (χ4v) is 1.83. The quantitative estimate of drug-likeness (QED) is 0.755. The molecule has 1 amide bonds. The molecule has 0 aliphatic heterocycles. The summed E-state index contributed by atoms with van der Waals surface area (Å²) < 4.78 is 4.89. The van der Waals surface area contributed by atoms with Crippen molar-refractivity contribution in [1.29, 1.82) is 0 Å². The van der Waals surface area contributed by atoms with Crippen LogP contribution in [0.1, 0.15) is 10.4 Å². The largest absolute Gasteiger partial charge is 0.383 e. The first kappa shape index (κ1) is 15.2. The summed E-state index contributed by atoms with van der Waals surface area (Å²) in [5.74, 6) is -0.204. The predicted octanol–water partition coefficient (Wildman–Crippen LogP) is 1.96. The van der Waals surface area contributed by atoms with Crippen LogP contribution in [0.15, 0.2) is 18.2 Å². The molecule has 18 heavy (non-hydrogen) atoms. The predicted molar refractivity (Wildman–Crippen MR) is 73.5 cm³/mol. The molecule has 1 aromatic carbocycles. The Labute approximate surface area is 117 Å². The fourth-order valence-electron chi connectivity index (χ4n) is 1.33. The van der Waals surface area contributed by atoms with Crippen LogP contribution in [-0.4, -0.2) is 39.3 Å². The highest BCUT2D eigenvalue weighted by atomic mass is 35.5. The third kappa shape index (κ3) is 5.23. The number of hydrogen-bond donors (Lipinski definition) is 2.